The summed E-state index contributed by atoms with van der Waals surface area (Å²) in [5, 5.41) is 8.00. The molecule has 1 unspecified atom stereocenters. The highest BCUT2D eigenvalue weighted by molar-refractivity contribution is 7.46. The van der Waals surface area contributed by atoms with Crippen molar-refractivity contribution < 1.29 is 32.6 Å². The third-order valence-corrected chi connectivity index (χ3v) is 5.45. The van der Waals surface area contributed by atoms with Gasteiger partial charge in [0.25, 0.3) is 0 Å². The Morgan fingerprint density at radius 1 is 1.27 bits per heavy atom. The zero-order chi connectivity index (χ0) is 24.1. The number of carbonyl (C=O) groups excluding carboxylic acids is 1. The fraction of sp³-hybridized carbons (Fsp3) is 0.158. The highest BCUT2D eigenvalue weighted by atomic mass is 31.2. The maximum absolute atomic E-state index is 14.8. The van der Waals surface area contributed by atoms with Crippen molar-refractivity contribution in [1.29, 1.82) is 0 Å². The molecule has 0 amide bonds. The van der Waals surface area contributed by atoms with E-state index in [9.17, 15) is 13.8 Å². The first-order chi connectivity index (χ1) is 15.5. The molecule has 33 heavy (non-hydrogen) atoms. The number of pyridine rings is 1. The van der Waals surface area contributed by atoms with Crippen LogP contribution in [0.25, 0.3) is 33.4 Å². The van der Waals surface area contributed by atoms with Crippen molar-refractivity contribution in [3.05, 3.63) is 42.1 Å². The summed E-state index contributed by atoms with van der Waals surface area (Å²) in [6, 6.07) is 2.32. The Morgan fingerprint density at radius 2 is 2.00 bits per heavy atom. The Kier molecular flexibility index (Phi) is 5.50. The van der Waals surface area contributed by atoms with Gasteiger partial charge in [0.05, 0.1) is 17.3 Å². The minimum atomic E-state index is -4.73. The zero-order valence-corrected chi connectivity index (χ0v) is 18.2. The van der Waals surface area contributed by atoms with Crippen LogP contribution in [0, 0.1) is 5.82 Å². The van der Waals surface area contributed by atoms with Crippen LogP contribution in [0.4, 0.5) is 15.9 Å². The van der Waals surface area contributed by atoms with Crippen molar-refractivity contribution in [3.8, 4) is 22.4 Å². The first-order valence-electron chi connectivity index (χ1n) is 9.39. The quantitative estimate of drug-likeness (QED) is 0.182. The van der Waals surface area contributed by atoms with Gasteiger partial charge in [0.1, 0.15) is 5.82 Å². The molecule has 4 aromatic rings. The molecular weight excluding hydrogens is 458 g/mol. The van der Waals surface area contributed by atoms with Gasteiger partial charge < -0.3 is 25.8 Å². The van der Waals surface area contributed by atoms with Crippen LogP contribution in [-0.4, -0.2) is 35.5 Å². The lowest BCUT2D eigenvalue weighted by Crippen LogP contribution is -2.08. The van der Waals surface area contributed by atoms with Gasteiger partial charge in [0.2, 0.25) is 0 Å². The van der Waals surface area contributed by atoms with Gasteiger partial charge in [-0.3, -0.25) is 14.3 Å². The summed E-state index contributed by atoms with van der Waals surface area (Å²) in [6.07, 6.45) is 3.15. The van der Waals surface area contributed by atoms with Crippen molar-refractivity contribution in [2.24, 2.45) is 0 Å². The number of phosphoric acid groups is 1. The second-order valence-electron chi connectivity index (χ2n) is 7.17. The molecule has 4 rings (SSSR count). The second kappa shape index (κ2) is 8.05. The number of hydrogen-bond donors (Lipinski definition) is 4. The lowest BCUT2D eigenvalue weighted by molar-refractivity contribution is 0.0882. The van der Waals surface area contributed by atoms with E-state index < -0.39 is 19.9 Å². The fourth-order valence-electron chi connectivity index (χ4n) is 3.38. The van der Waals surface area contributed by atoms with Crippen LogP contribution in [0.3, 0.4) is 0 Å². The molecule has 1 atom stereocenters. The van der Waals surface area contributed by atoms with E-state index >= 15 is 0 Å². The predicted octanol–water partition coefficient (Wildman–Crippen LogP) is 2.89. The molecule has 14 heteroatoms. The SMILES string of the molecule is CC(=O)c1cc(-c2ncc(-c3cnn(C(C)OP(=O)(O)O)c3)c3onc(N)c23)c(F)cc1N. The topological polar surface area (TPSA) is 193 Å². The van der Waals surface area contributed by atoms with Gasteiger partial charge in [-0.1, -0.05) is 5.16 Å². The summed E-state index contributed by atoms with van der Waals surface area (Å²) < 4.78 is 37.0. The average Bonchev–Trinajstić information content (AvgIpc) is 3.34. The minimum absolute atomic E-state index is 0.00559. The zero-order valence-electron chi connectivity index (χ0n) is 17.3. The summed E-state index contributed by atoms with van der Waals surface area (Å²) in [5.41, 5.74) is 12.9. The van der Waals surface area contributed by atoms with Crippen molar-refractivity contribution in [1.82, 2.24) is 19.9 Å². The molecule has 0 aliphatic heterocycles. The van der Waals surface area contributed by atoms with Crippen LogP contribution in [0.2, 0.25) is 0 Å². The Morgan fingerprint density at radius 3 is 2.67 bits per heavy atom. The molecule has 1 aromatic carbocycles. The number of phosphoric ester groups is 1. The molecule has 12 nitrogen and oxygen atoms in total. The number of rotatable bonds is 6. The average molecular weight is 476 g/mol. The van der Waals surface area contributed by atoms with E-state index in [0.717, 1.165) is 6.07 Å². The molecular formula is C19H18FN6O6P. The highest BCUT2D eigenvalue weighted by Gasteiger charge is 2.24. The van der Waals surface area contributed by atoms with Crippen LogP contribution in [0.1, 0.15) is 30.4 Å². The van der Waals surface area contributed by atoms with Crippen molar-refractivity contribution in [2.45, 2.75) is 20.1 Å². The normalized spacial score (nSPS) is 12.9. The van der Waals surface area contributed by atoms with E-state index in [4.69, 9.17) is 25.8 Å². The van der Waals surface area contributed by atoms with E-state index in [2.05, 4.69) is 19.8 Å². The smallest absolute Gasteiger partial charge is 0.398 e. The number of halogens is 1. The lowest BCUT2D eigenvalue weighted by Gasteiger charge is -2.13. The van der Waals surface area contributed by atoms with E-state index in [1.807, 2.05) is 0 Å². The molecule has 3 heterocycles. The maximum Gasteiger partial charge on any atom is 0.471 e. The summed E-state index contributed by atoms with van der Waals surface area (Å²) in [4.78, 5) is 34.2. The third kappa shape index (κ3) is 4.22. The number of Topliss-reactive ketones (excluding diaryl/α,β-unsaturated/α-hetero) is 1. The summed E-state index contributed by atoms with van der Waals surface area (Å²) in [6.45, 7) is 2.71. The van der Waals surface area contributed by atoms with Gasteiger partial charge in [0, 0.05) is 40.3 Å². The number of anilines is 2. The van der Waals surface area contributed by atoms with Crippen LogP contribution >= 0.6 is 7.82 Å². The molecule has 3 aromatic heterocycles. The molecule has 172 valence electrons. The van der Waals surface area contributed by atoms with Crippen molar-refractivity contribution in [3.63, 3.8) is 0 Å². The molecule has 0 aliphatic rings. The van der Waals surface area contributed by atoms with Gasteiger partial charge in [-0.2, -0.15) is 5.10 Å². The second-order valence-corrected chi connectivity index (χ2v) is 8.36. The molecule has 6 N–H and O–H groups in total. The van der Waals surface area contributed by atoms with Crippen LogP contribution in [-0.2, 0) is 9.09 Å². The van der Waals surface area contributed by atoms with Gasteiger partial charge in [-0.15, -0.1) is 0 Å². The summed E-state index contributed by atoms with van der Waals surface area (Å²) >= 11 is 0. The molecule has 0 saturated carbocycles. The number of hydrogen-bond acceptors (Lipinski definition) is 9. The Hall–Kier alpha value is -3.64. The Balaban J connectivity index is 1.84. The molecule has 0 saturated heterocycles. The van der Waals surface area contributed by atoms with Gasteiger partial charge in [0.15, 0.2) is 23.4 Å². The Bertz CT molecular complexity index is 1440. The largest absolute Gasteiger partial charge is 0.471 e. The number of ketones is 1. The molecule has 0 aliphatic carbocycles. The number of nitrogens with two attached hydrogens (primary N) is 2. The van der Waals surface area contributed by atoms with Crippen LogP contribution in [0.15, 0.2) is 35.2 Å². The third-order valence-electron chi connectivity index (χ3n) is 4.87. The van der Waals surface area contributed by atoms with Crippen LogP contribution in [0.5, 0.6) is 0 Å². The maximum atomic E-state index is 14.8. The van der Waals surface area contributed by atoms with E-state index in [0.29, 0.717) is 11.1 Å². The summed E-state index contributed by atoms with van der Waals surface area (Å²) in [5.74, 6) is -1.12. The number of nitrogen functional groups attached to an aromatic ring is 2. The van der Waals surface area contributed by atoms with Gasteiger partial charge in [-0.25, -0.2) is 13.6 Å². The number of carbonyl (C=O) groups is 1. The van der Waals surface area contributed by atoms with E-state index in [1.165, 1.54) is 43.2 Å². The first kappa shape index (κ1) is 22.6. The standard InChI is InChI=1S/C19H18FN6O6P/c1-8(27)11-3-12(14(20)4-15(11)21)17-16-18(31-25-19(16)22)13(6-23-17)10-5-24-26(7-10)9(2)32-33(28,29)30/h3-7,9H,21H2,1-2H3,(H2,22,25)(H2,28,29,30). The number of fused-ring (bicyclic) bond motifs is 1. The molecule has 0 fully saturated rings. The van der Waals surface area contributed by atoms with E-state index in [1.54, 1.807) is 0 Å². The van der Waals surface area contributed by atoms with Gasteiger partial charge >= 0.3 is 7.82 Å². The number of nitrogens with zero attached hydrogens (tertiary/aromatic N) is 4. The fourth-order valence-corrected chi connectivity index (χ4v) is 3.87. The van der Waals surface area contributed by atoms with Gasteiger partial charge in [-0.05, 0) is 26.0 Å². The number of benzene rings is 1. The van der Waals surface area contributed by atoms with Crippen molar-refractivity contribution >= 4 is 36.1 Å². The van der Waals surface area contributed by atoms with Crippen molar-refractivity contribution in [2.75, 3.05) is 11.5 Å². The molecule has 0 bridgehead atoms. The first-order valence-corrected chi connectivity index (χ1v) is 10.9. The minimum Gasteiger partial charge on any atom is -0.398 e. The monoisotopic (exact) mass is 476 g/mol. The number of aromatic nitrogens is 4. The van der Waals surface area contributed by atoms with Crippen LogP contribution < -0.4 is 11.5 Å². The molecule has 0 radical (unpaired) electrons. The summed E-state index contributed by atoms with van der Waals surface area (Å²) in [7, 11) is -4.73. The molecule has 0 spiro atoms. The van der Waals surface area contributed by atoms with E-state index in [-0.39, 0.29) is 45.1 Å². The highest BCUT2D eigenvalue weighted by Crippen LogP contribution is 2.41. The predicted molar refractivity (Wildman–Crippen MR) is 115 cm³/mol. The lowest BCUT2D eigenvalue weighted by atomic mass is 9.99. The Labute approximate surface area is 185 Å².